The van der Waals surface area contributed by atoms with E-state index in [2.05, 4.69) is 59.8 Å². The van der Waals surface area contributed by atoms with Crippen molar-refractivity contribution in [3.05, 3.63) is 10.6 Å². The van der Waals surface area contributed by atoms with Crippen LogP contribution in [0.1, 0.15) is 60.3 Å². The number of piperidine rings is 1. The molecular weight excluding hydrogens is 385 g/mol. The Balaban J connectivity index is 2.44. The number of methoxy groups -OCH3 is 1. The fourth-order valence-corrected chi connectivity index (χ4v) is 4.53. The SMILES string of the molecule is CCC1(C)CC(N(CCCOC)c2nc(Cl)nc(Cl)n2)C(C)C(C)(CC)N1. The number of anilines is 1. The zero-order valence-electron chi connectivity index (χ0n) is 17.4. The molecule has 154 valence electrons. The summed E-state index contributed by atoms with van der Waals surface area (Å²) < 4.78 is 5.27. The Labute approximate surface area is 173 Å². The second-order valence-electron chi connectivity index (χ2n) is 8.08. The molecule has 0 aromatic carbocycles. The van der Waals surface area contributed by atoms with Crippen LogP contribution in [0, 0.1) is 5.92 Å². The minimum atomic E-state index is 0.0216. The van der Waals surface area contributed by atoms with Gasteiger partial charge in [0.2, 0.25) is 16.5 Å². The quantitative estimate of drug-likeness (QED) is 0.633. The van der Waals surface area contributed by atoms with E-state index in [9.17, 15) is 0 Å². The highest BCUT2D eigenvalue weighted by Crippen LogP contribution is 2.40. The normalized spacial score (nSPS) is 31.1. The van der Waals surface area contributed by atoms with Gasteiger partial charge in [0.05, 0.1) is 0 Å². The molecule has 0 amide bonds. The predicted octanol–water partition coefficient (Wildman–Crippen LogP) is 4.36. The number of hydrogen-bond acceptors (Lipinski definition) is 6. The van der Waals surface area contributed by atoms with E-state index in [1.807, 2.05) is 0 Å². The van der Waals surface area contributed by atoms with Crippen LogP contribution in [0.15, 0.2) is 0 Å². The van der Waals surface area contributed by atoms with Crippen molar-refractivity contribution in [1.82, 2.24) is 20.3 Å². The first-order valence-electron chi connectivity index (χ1n) is 9.80. The lowest BCUT2D eigenvalue weighted by Gasteiger charge is -2.56. The van der Waals surface area contributed by atoms with Crippen LogP contribution in [0.3, 0.4) is 0 Å². The summed E-state index contributed by atoms with van der Waals surface area (Å²) in [6.07, 6.45) is 3.97. The number of hydrogen-bond donors (Lipinski definition) is 1. The molecule has 2 heterocycles. The molecule has 0 radical (unpaired) electrons. The van der Waals surface area contributed by atoms with Crippen LogP contribution in [0.4, 0.5) is 5.95 Å². The van der Waals surface area contributed by atoms with Crippen LogP contribution in [-0.4, -0.2) is 52.3 Å². The Morgan fingerprint density at radius 2 is 1.78 bits per heavy atom. The second-order valence-corrected chi connectivity index (χ2v) is 8.76. The lowest BCUT2D eigenvalue weighted by molar-refractivity contribution is 0.0681. The molecule has 6 nitrogen and oxygen atoms in total. The molecule has 8 heteroatoms. The molecule has 1 saturated heterocycles. The predicted molar refractivity (Wildman–Crippen MR) is 112 cm³/mol. The van der Waals surface area contributed by atoms with Gasteiger partial charge in [0.1, 0.15) is 0 Å². The molecule has 4 unspecified atom stereocenters. The lowest BCUT2D eigenvalue weighted by Crippen LogP contribution is -2.68. The van der Waals surface area contributed by atoms with Crippen LogP contribution < -0.4 is 10.2 Å². The maximum atomic E-state index is 6.09. The van der Waals surface area contributed by atoms with Gasteiger partial charge in [-0.25, -0.2) is 0 Å². The Morgan fingerprint density at radius 3 is 2.30 bits per heavy atom. The summed E-state index contributed by atoms with van der Waals surface area (Å²) in [6.45, 7) is 12.9. The molecule has 1 N–H and O–H groups in total. The summed E-state index contributed by atoms with van der Waals surface area (Å²) in [4.78, 5) is 15.0. The molecule has 4 atom stereocenters. The highest BCUT2D eigenvalue weighted by molar-refractivity contribution is 6.31. The summed E-state index contributed by atoms with van der Waals surface area (Å²) in [5.41, 5.74) is 0.0653. The number of aromatic nitrogens is 3. The number of rotatable bonds is 8. The van der Waals surface area contributed by atoms with Gasteiger partial charge in [-0.05, 0) is 68.7 Å². The van der Waals surface area contributed by atoms with Crippen molar-refractivity contribution in [2.75, 3.05) is 25.2 Å². The smallest absolute Gasteiger partial charge is 0.231 e. The number of nitrogens with one attached hydrogen (secondary N) is 1. The van der Waals surface area contributed by atoms with Gasteiger partial charge < -0.3 is 15.0 Å². The first-order valence-corrected chi connectivity index (χ1v) is 10.6. The van der Waals surface area contributed by atoms with Gasteiger partial charge in [-0.2, -0.15) is 15.0 Å². The minimum Gasteiger partial charge on any atom is -0.385 e. The highest BCUT2D eigenvalue weighted by Gasteiger charge is 2.48. The maximum Gasteiger partial charge on any atom is 0.231 e. The third-order valence-corrected chi connectivity index (χ3v) is 6.66. The number of ether oxygens (including phenoxy) is 1. The van der Waals surface area contributed by atoms with E-state index in [1.54, 1.807) is 7.11 Å². The Bertz CT molecular complexity index is 614. The summed E-state index contributed by atoms with van der Waals surface area (Å²) in [5, 5.41) is 4.17. The first kappa shape index (κ1) is 22.6. The summed E-state index contributed by atoms with van der Waals surface area (Å²) in [5.74, 6) is 0.936. The van der Waals surface area contributed by atoms with E-state index >= 15 is 0 Å². The van der Waals surface area contributed by atoms with Crippen LogP contribution in [0.5, 0.6) is 0 Å². The third-order valence-electron chi connectivity index (χ3n) is 6.32. The van der Waals surface area contributed by atoms with Gasteiger partial charge in [-0.1, -0.05) is 20.8 Å². The topological polar surface area (TPSA) is 63.2 Å². The van der Waals surface area contributed by atoms with Crippen molar-refractivity contribution in [3.63, 3.8) is 0 Å². The zero-order chi connectivity index (χ0) is 20.2. The molecule has 1 aliphatic heterocycles. The molecule has 0 spiro atoms. The molecule has 1 fully saturated rings. The largest absolute Gasteiger partial charge is 0.385 e. The molecule has 2 rings (SSSR count). The van der Waals surface area contributed by atoms with Crippen LogP contribution in [0.25, 0.3) is 0 Å². The molecule has 1 aliphatic rings. The Kier molecular flexibility index (Phi) is 7.70. The minimum absolute atomic E-state index is 0.0216. The van der Waals surface area contributed by atoms with Crippen LogP contribution in [0.2, 0.25) is 10.6 Å². The molecule has 27 heavy (non-hydrogen) atoms. The third kappa shape index (κ3) is 5.22. The summed E-state index contributed by atoms with van der Waals surface area (Å²) in [7, 11) is 1.72. The van der Waals surface area contributed by atoms with E-state index in [4.69, 9.17) is 27.9 Å². The van der Waals surface area contributed by atoms with Gasteiger partial charge in [-0.3, -0.25) is 0 Å². The van der Waals surface area contributed by atoms with Crippen LogP contribution in [-0.2, 0) is 4.74 Å². The van der Waals surface area contributed by atoms with Gasteiger partial charge in [-0.15, -0.1) is 0 Å². The van der Waals surface area contributed by atoms with Crippen molar-refractivity contribution in [1.29, 1.82) is 0 Å². The summed E-state index contributed by atoms with van der Waals surface area (Å²) >= 11 is 12.2. The van der Waals surface area contributed by atoms with E-state index < -0.39 is 0 Å². The van der Waals surface area contributed by atoms with Gasteiger partial charge >= 0.3 is 0 Å². The monoisotopic (exact) mass is 417 g/mol. The molecule has 1 aromatic rings. The standard InChI is InChI=1S/C19H33Cl2N5O/c1-7-18(4)12-14(13(3)19(5,8-2)25-18)26(10-9-11-27-6)17-23-15(20)22-16(21)24-17/h13-14,25H,7-12H2,1-6H3. The van der Waals surface area contributed by atoms with E-state index in [1.165, 1.54) is 0 Å². The zero-order valence-corrected chi connectivity index (χ0v) is 18.9. The Hall–Kier alpha value is -0.690. The van der Waals surface area contributed by atoms with E-state index in [-0.39, 0.29) is 27.7 Å². The van der Waals surface area contributed by atoms with Crippen molar-refractivity contribution < 1.29 is 4.74 Å². The average molecular weight is 418 g/mol. The first-order chi connectivity index (χ1) is 12.7. The molecule has 1 aromatic heterocycles. The molecule has 0 aliphatic carbocycles. The van der Waals surface area contributed by atoms with Gasteiger partial charge in [0, 0.05) is 37.4 Å². The maximum absolute atomic E-state index is 6.09. The van der Waals surface area contributed by atoms with Crippen molar-refractivity contribution in [2.45, 2.75) is 77.4 Å². The van der Waals surface area contributed by atoms with Crippen molar-refractivity contribution in [3.8, 4) is 0 Å². The van der Waals surface area contributed by atoms with Gasteiger partial charge in [0.15, 0.2) is 0 Å². The molecule has 0 bridgehead atoms. The van der Waals surface area contributed by atoms with Crippen molar-refractivity contribution >= 4 is 29.2 Å². The Morgan fingerprint density at radius 1 is 1.15 bits per heavy atom. The second kappa shape index (κ2) is 9.21. The average Bonchev–Trinajstić information content (AvgIpc) is 2.61. The highest BCUT2D eigenvalue weighted by atomic mass is 35.5. The van der Waals surface area contributed by atoms with Crippen molar-refractivity contribution in [2.24, 2.45) is 5.92 Å². The van der Waals surface area contributed by atoms with Crippen LogP contribution >= 0.6 is 23.2 Å². The fraction of sp³-hybridized carbons (Fsp3) is 0.842. The van der Waals surface area contributed by atoms with Gasteiger partial charge in [0.25, 0.3) is 0 Å². The molecule has 0 saturated carbocycles. The number of nitrogens with zero attached hydrogens (tertiary/aromatic N) is 4. The van der Waals surface area contributed by atoms with E-state index in [0.29, 0.717) is 18.5 Å². The fourth-order valence-electron chi connectivity index (χ4n) is 4.18. The summed E-state index contributed by atoms with van der Waals surface area (Å²) in [6, 6.07) is 0.257. The lowest BCUT2D eigenvalue weighted by atomic mass is 9.68. The molecular formula is C19H33Cl2N5O. The van der Waals surface area contributed by atoms with E-state index in [0.717, 1.165) is 32.2 Å². The number of halogens is 2.